The van der Waals surface area contributed by atoms with Crippen molar-refractivity contribution in [3.63, 3.8) is 0 Å². The molecule has 19 heavy (non-hydrogen) atoms. The van der Waals surface area contributed by atoms with E-state index in [4.69, 9.17) is 0 Å². The maximum absolute atomic E-state index is 12.5. The highest BCUT2D eigenvalue weighted by atomic mass is 16.2. The van der Waals surface area contributed by atoms with Crippen molar-refractivity contribution in [3.8, 4) is 0 Å². The molecule has 0 aromatic rings. The van der Waals surface area contributed by atoms with Gasteiger partial charge in [-0.2, -0.15) is 0 Å². The first-order chi connectivity index (χ1) is 8.88. The number of hydrogen-bond acceptors (Lipinski definition) is 2. The highest BCUT2D eigenvalue weighted by molar-refractivity contribution is 5.87. The topological polar surface area (TPSA) is 49.4 Å². The van der Waals surface area contributed by atoms with Gasteiger partial charge in [0.15, 0.2) is 0 Å². The molecule has 0 spiro atoms. The number of piperidine rings is 2. The Hall–Kier alpha value is -1.06. The number of likely N-dealkylation sites (tertiary alicyclic amines) is 1. The maximum atomic E-state index is 12.5. The van der Waals surface area contributed by atoms with Gasteiger partial charge < -0.3 is 10.2 Å². The molecule has 2 atom stereocenters. The fourth-order valence-corrected chi connectivity index (χ4v) is 3.14. The number of nitrogens with zero attached hydrogens (tertiary/aromatic N) is 1. The third-order valence-corrected chi connectivity index (χ3v) is 4.55. The predicted molar refractivity (Wildman–Crippen MR) is 74.5 cm³/mol. The molecule has 1 N–H and O–H groups in total. The molecule has 2 heterocycles. The Bertz CT molecular complexity index is 360. The van der Waals surface area contributed by atoms with E-state index in [2.05, 4.69) is 26.1 Å². The van der Waals surface area contributed by atoms with Gasteiger partial charge in [0.2, 0.25) is 11.8 Å². The summed E-state index contributed by atoms with van der Waals surface area (Å²) in [5, 5.41) is 2.79. The van der Waals surface area contributed by atoms with E-state index in [9.17, 15) is 9.59 Å². The van der Waals surface area contributed by atoms with Crippen molar-refractivity contribution in [1.82, 2.24) is 10.2 Å². The Morgan fingerprint density at radius 3 is 2.68 bits per heavy atom. The molecule has 0 aromatic carbocycles. The first kappa shape index (κ1) is 14.4. The lowest BCUT2D eigenvalue weighted by Gasteiger charge is -2.41. The van der Waals surface area contributed by atoms with Gasteiger partial charge >= 0.3 is 0 Å². The lowest BCUT2D eigenvalue weighted by atomic mass is 9.76. The summed E-state index contributed by atoms with van der Waals surface area (Å²) in [5.41, 5.74) is 0.253. The van der Waals surface area contributed by atoms with Crippen molar-refractivity contribution >= 4 is 11.8 Å². The van der Waals surface area contributed by atoms with Crippen LogP contribution in [0.2, 0.25) is 0 Å². The summed E-state index contributed by atoms with van der Waals surface area (Å²) >= 11 is 0. The van der Waals surface area contributed by atoms with Gasteiger partial charge in [0, 0.05) is 32.0 Å². The third kappa shape index (κ3) is 3.48. The molecule has 2 unspecified atom stereocenters. The van der Waals surface area contributed by atoms with Gasteiger partial charge in [-0.1, -0.05) is 20.8 Å². The van der Waals surface area contributed by atoms with Crippen molar-refractivity contribution in [1.29, 1.82) is 0 Å². The van der Waals surface area contributed by atoms with Crippen LogP contribution < -0.4 is 5.32 Å². The van der Waals surface area contributed by atoms with Crippen LogP contribution in [0, 0.1) is 17.3 Å². The van der Waals surface area contributed by atoms with E-state index in [0.717, 1.165) is 25.9 Å². The average Bonchev–Trinajstić information content (AvgIpc) is 2.37. The highest BCUT2D eigenvalue weighted by Crippen LogP contribution is 2.34. The lowest BCUT2D eigenvalue weighted by molar-refractivity contribution is -0.142. The van der Waals surface area contributed by atoms with Crippen LogP contribution in [0.1, 0.15) is 46.5 Å². The third-order valence-electron chi connectivity index (χ3n) is 4.55. The molecule has 4 heteroatoms. The summed E-state index contributed by atoms with van der Waals surface area (Å²) in [6, 6.07) is 0. The van der Waals surface area contributed by atoms with Crippen LogP contribution in [-0.4, -0.2) is 36.3 Å². The quantitative estimate of drug-likeness (QED) is 0.786. The summed E-state index contributed by atoms with van der Waals surface area (Å²) < 4.78 is 0. The fraction of sp³-hybridized carbons (Fsp3) is 0.867. The molecule has 2 aliphatic heterocycles. The van der Waals surface area contributed by atoms with E-state index in [1.165, 1.54) is 6.42 Å². The second-order valence-electron chi connectivity index (χ2n) is 7.03. The van der Waals surface area contributed by atoms with Crippen LogP contribution in [0.15, 0.2) is 0 Å². The van der Waals surface area contributed by atoms with E-state index in [-0.39, 0.29) is 23.1 Å². The molecule has 0 aromatic heterocycles. The van der Waals surface area contributed by atoms with Crippen molar-refractivity contribution in [3.05, 3.63) is 0 Å². The zero-order valence-electron chi connectivity index (χ0n) is 12.4. The largest absolute Gasteiger partial charge is 0.356 e. The minimum atomic E-state index is -0.0903. The molecule has 2 fully saturated rings. The Morgan fingerprint density at radius 1 is 1.32 bits per heavy atom. The Labute approximate surface area is 115 Å². The summed E-state index contributed by atoms with van der Waals surface area (Å²) in [4.78, 5) is 25.9. The van der Waals surface area contributed by atoms with E-state index >= 15 is 0 Å². The molecule has 0 saturated carbocycles. The molecule has 2 aliphatic rings. The smallest absolute Gasteiger partial charge is 0.226 e. The van der Waals surface area contributed by atoms with Crippen molar-refractivity contribution in [2.24, 2.45) is 17.3 Å². The second kappa shape index (κ2) is 5.51. The summed E-state index contributed by atoms with van der Waals surface area (Å²) in [5.74, 6) is 0.702. The van der Waals surface area contributed by atoms with Crippen LogP contribution in [0.4, 0.5) is 0 Å². The van der Waals surface area contributed by atoms with Crippen LogP contribution in [0.3, 0.4) is 0 Å². The molecular formula is C15H26N2O2. The number of hydrogen-bond donors (Lipinski definition) is 1. The van der Waals surface area contributed by atoms with E-state index < -0.39 is 0 Å². The first-order valence-corrected chi connectivity index (χ1v) is 7.43. The molecular weight excluding hydrogens is 240 g/mol. The van der Waals surface area contributed by atoms with Crippen molar-refractivity contribution in [2.45, 2.75) is 46.5 Å². The van der Waals surface area contributed by atoms with Gasteiger partial charge in [-0.05, 0) is 30.6 Å². The summed E-state index contributed by atoms with van der Waals surface area (Å²) in [7, 11) is 0. The van der Waals surface area contributed by atoms with E-state index in [0.29, 0.717) is 18.9 Å². The van der Waals surface area contributed by atoms with Gasteiger partial charge in [-0.25, -0.2) is 0 Å². The maximum Gasteiger partial charge on any atom is 0.226 e. The molecule has 0 aliphatic carbocycles. The number of carbonyl (C=O) groups excluding carboxylic acids is 2. The van der Waals surface area contributed by atoms with Gasteiger partial charge in [-0.3, -0.25) is 9.59 Å². The Balaban J connectivity index is 1.97. The van der Waals surface area contributed by atoms with Crippen molar-refractivity contribution < 1.29 is 9.59 Å². The summed E-state index contributed by atoms with van der Waals surface area (Å²) in [6.45, 7) is 9.12. The van der Waals surface area contributed by atoms with Crippen LogP contribution in [0.5, 0.6) is 0 Å². The number of amides is 2. The first-order valence-electron chi connectivity index (χ1n) is 7.43. The lowest BCUT2D eigenvalue weighted by Crippen LogP contribution is -2.48. The molecule has 0 bridgehead atoms. The minimum absolute atomic E-state index is 0.0222. The fourth-order valence-electron chi connectivity index (χ4n) is 3.14. The molecule has 2 amide bonds. The van der Waals surface area contributed by atoms with Crippen molar-refractivity contribution in [2.75, 3.05) is 19.6 Å². The standard InChI is InChI=1S/C15H26N2O2/c1-15(2,3)12-5-4-8-17(10-12)14(19)11-6-7-16-13(18)9-11/h11-12H,4-10H2,1-3H3,(H,16,18). The Kier molecular flexibility index (Phi) is 4.16. The van der Waals surface area contributed by atoms with E-state index in [1.54, 1.807) is 0 Å². The number of rotatable bonds is 1. The summed E-state index contributed by atoms with van der Waals surface area (Å²) in [6.07, 6.45) is 3.46. The molecule has 108 valence electrons. The van der Waals surface area contributed by atoms with E-state index in [1.807, 2.05) is 4.90 Å². The molecule has 2 saturated heterocycles. The zero-order valence-corrected chi connectivity index (χ0v) is 12.4. The molecule has 2 rings (SSSR count). The normalized spacial score (nSPS) is 29.0. The SMILES string of the molecule is CC(C)(C)C1CCCN(C(=O)C2CCNC(=O)C2)C1. The van der Waals surface area contributed by atoms with Crippen LogP contribution in [0.25, 0.3) is 0 Å². The predicted octanol–water partition coefficient (Wildman–Crippen LogP) is 1.80. The van der Waals surface area contributed by atoms with Gasteiger partial charge in [-0.15, -0.1) is 0 Å². The number of carbonyl (C=O) groups is 2. The van der Waals surface area contributed by atoms with Gasteiger partial charge in [0.1, 0.15) is 0 Å². The minimum Gasteiger partial charge on any atom is -0.356 e. The van der Waals surface area contributed by atoms with Gasteiger partial charge in [0.25, 0.3) is 0 Å². The zero-order chi connectivity index (χ0) is 14.0. The van der Waals surface area contributed by atoms with Gasteiger partial charge in [0.05, 0.1) is 0 Å². The van der Waals surface area contributed by atoms with Crippen LogP contribution in [-0.2, 0) is 9.59 Å². The highest BCUT2D eigenvalue weighted by Gasteiger charge is 2.35. The number of nitrogens with one attached hydrogen (secondary N) is 1. The average molecular weight is 266 g/mol. The monoisotopic (exact) mass is 266 g/mol. The van der Waals surface area contributed by atoms with Crippen LogP contribution >= 0.6 is 0 Å². The molecule has 0 radical (unpaired) electrons. The molecule has 4 nitrogen and oxygen atoms in total. The Morgan fingerprint density at radius 2 is 2.05 bits per heavy atom. The second-order valence-corrected chi connectivity index (χ2v) is 7.03.